The summed E-state index contributed by atoms with van der Waals surface area (Å²) in [7, 11) is 0. The Morgan fingerprint density at radius 3 is 1.54 bits per heavy atom. The van der Waals surface area contributed by atoms with Gasteiger partial charge in [0.15, 0.2) is 0 Å². The Bertz CT molecular complexity index is 6530. The van der Waals surface area contributed by atoms with Gasteiger partial charge >= 0.3 is 0 Å². The normalized spacial score (nSPS) is 14.2. The van der Waals surface area contributed by atoms with E-state index in [2.05, 4.69) is 343 Å². The molecule has 0 saturated carbocycles. The van der Waals surface area contributed by atoms with Crippen LogP contribution in [0.15, 0.2) is 346 Å². The van der Waals surface area contributed by atoms with Gasteiger partial charge in [-0.25, -0.2) is 0 Å². The van der Waals surface area contributed by atoms with E-state index in [0.717, 1.165) is 140 Å². The molecule has 2 aliphatic heterocycles. The van der Waals surface area contributed by atoms with Crippen molar-refractivity contribution < 1.29 is 9.60 Å². The van der Waals surface area contributed by atoms with Gasteiger partial charge in [-0.15, -0.1) is 0 Å². The zero-order valence-electron chi connectivity index (χ0n) is 66.2. The molecule has 0 N–H and O–H groups in total. The zero-order valence-corrected chi connectivity index (χ0v) is 59.2. The Balaban J connectivity index is 1.02. The summed E-state index contributed by atoms with van der Waals surface area (Å²) in [4.78, 5) is 4.99. The van der Waals surface area contributed by atoms with Gasteiger partial charge in [-0.3, -0.25) is 0 Å². The molecule has 0 saturated heterocycles. The van der Waals surface area contributed by atoms with E-state index >= 15 is 0 Å². The van der Waals surface area contributed by atoms with Crippen LogP contribution in [0.4, 0.5) is 34.1 Å². The SMILES string of the molecule is [2H]c1c([2H])c([2H])c2c(c1[2H])c1c([2H])c(C#N)c([2H])c([2H])c1n2-c1ccc2c(c1)N(c1ccc(C(C)(C)C)cc1-c1ccccc1)c1cc(-c3cccc4c3C(c3ccccc3)(c3ccccc3)c3ccccc3-4)cc3c1B2c1cc(-c2ccc(C(C)(C)C)cc2)ccc1N3c1c(-c2ccccc2)cccc1-c1ccccc1. The number of rotatable bonds is 10. The molecule has 4 nitrogen and oxygen atoms in total. The molecule has 16 aromatic rings. The lowest BCUT2D eigenvalue weighted by molar-refractivity contribution is 0.590. The number of nitrogens with zero attached hydrogens (tertiary/aromatic N) is 4. The van der Waals surface area contributed by atoms with Crippen molar-refractivity contribution in [3.8, 4) is 78.5 Å². The van der Waals surface area contributed by atoms with E-state index < -0.39 is 36.3 Å². The van der Waals surface area contributed by atoms with Crippen LogP contribution in [0.5, 0.6) is 0 Å². The molecule has 5 heteroatoms. The Morgan fingerprint density at radius 1 is 0.371 bits per heavy atom. The van der Waals surface area contributed by atoms with Crippen LogP contribution >= 0.6 is 0 Å². The second kappa shape index (κ2) is 24.5. The lowest BCUT2D eigenvalue weighted by Gasteiger charge is -2.46. The van der Waals surface area contributed by atoms with Crippen molar-refractivity contribution in [2.24, 2.45) is 0 Å². The van der Waals surface area contributed by atoms with Crippen LogP contribution in [-0.4, -0.2) is 11.3 Å². The molecule has 15 aromatic carbocycles. The number of fused-ring (bicyclic) bond motifs is 10. The number of anilines is 6. The second-order valence-corrected chi connectivity index (χ2v) is 30.1. The van der Waals surface area contributed by atoms with Gasteiger partial charge in [-0.05, 0) is 177 Å². The maximum atomic E-state index is 10.7. The molecule has 0 spiro atoms. The third-order valence-electron chi connectivity index (χ3n) is 22.1. The quantitative estimate of drug-likeness (QED) is 0.128. The number of aromatic nitrogens is 1. The van der Waals surface area contributed by atoms with Crippen molar-refractivity contribution >= 4 is 79.0 Å². The van der Waals surface area contributed by atoms with Crippen LogP contribution in [0.3, 0.4) is 0 Å². The lowest BCUT2D eigenvalue weighted by atomic mass is 9.33. The molecule has 19 rings (SSSR count). The van der Waals surface area contributed by atoms with Crippen LogP contribution in [0.1, 0.15) is 90.1 Å². The largest absolute Gasteiger partial charge is 0.311 e. The monoisotopic (exact) mass is 1350 g/mol. The topological polar surface area (TPSA) is 35.2 Å². The van der Waals surface area contributed by atoms with Gasteiger partial charge in [0.2, 0.25) is 0 Å². The molecule has 105 heavy (non-hydrogen) atoms. The van der Waals surface area contributed by atoms with Crippen LogP contribution in [0.2, 0.25) is 0 Å². The molecule has 3 aliphatic rings. The third-order valence-corrected chi connectivity index (χ3v) is 22.1. The van der Waals surface area contributed by atoms with Crippen molar-refractivity contribution in [1.82, 2.24) is 4.57 Å². The number of hydrogen-bond donors (Lipinski definition) is 0. The van der Waals surface area contributed by atoms with Crippen LogP contribution < -0.4 is 26.2 Å². The highest BCUT2D eigenvalue weighted by Crippen LogP contribution is 2.60. The molecule has 498 valence electrons. The van der Waals surface area contributed by atoms with Gasteiger partial charge in [-0.2, -0.15) is 5.26 Å². The summed E-state index contributed by atoms with van der Waals surface area (Å²) in [6.07, 6.45) is 0. The van der Waals surface area contributed by atoms with Gasteiger partial charge in [0.1, 0.15) is 0 Å². The van der Waals surface area contributed by atoms with Gasteiger partial charge in [0.05, 0.1) is 49.1 Å². The van der Waals surface area contributed by atoms with E-state index in [1.54, 1.807) is 4.57 Å². The lowest BCUT2D eigenvalue weighted by Crippen LogP contribution is -2.61. The smallest absolute Gasteiger partial charge is 0.252 e. The zero-order chi connectivity index (χ0) is 77.0. The Hall–Kier alpha value is -12.7. The molecule has 0 fully saturated rings. The van der Waals surface area contributed by atoms with Gasteiger partial charge in [0, 0.05) is 55.9 Å². The van der Waals surface area contributed by atoms with Crippen molar-refractivity contribution in [1.29, 1.82) is 5.26 Å². The Kier molecular flexibility index (Phi) is 13.0. The van der Waals surface area contributed by atoms with Crippen molar-refractivity contribution in [3.05, 3.63) is 385 Å². The van der Waals surface area contributed by atoms with Crippen molar-refractivity contribution in [3.63, 3.8) is 0 Å². The third kappa shape index (κ3) is 10.0. The van der Waals surface area contributed by atoms with Gasteiger partial charge in [-0.1, -0.05) is 321 Å². The average Bonchev–Trinajstić information content (AvgIpc) is 1.24. The fraction of sp³-hybridized carbons (Fsp3) is 0.0900. The molecule has 0 radical (unpaired) electrons. The predicted molar refractivity (Wildman–Crippen MR) is 441 cm³/mol. The Morgan fingerprint density at radius 2 is 0.905 bits per heavy atom. The Labute approximate surface area is 625 Å². The predicted octanol–water partition coefficient (Wildman–Crippen LogP) is 24.0. The van der Waals surface area contributed by atoms with E-state index in [-0.39, 0.29) is 56.3 Å². The maximum Gasteiger partial charge on any atom is 0.252 e. The summed E-state index contributed by atoms with van der Waals surface area (Å²) in [6.45, 7) is 12.9. The maximum absolute atomic E-state index is 10.7. The molecular weight excluding hydrogens is 1270 g/mol. The fourth-order valence-electron chi connectivity index (χ4n) is 17.2. The molecule has 0 bridgehead atoms. The first kappa shape index (κ1) is 55.9. The molecule has 1 aromatic heterocycles. The van der Waals surface area contributed by atoms with E-state index in [1.165, 1.54) is 11.1 Å². The van der Waals surface area contributed by atoms with Crippen molar-refractivity contribution in [2.75, 3.05) is 9.80 Å². The number of hydrogen-bond acceptors (Lipinski definition) is 3. The molecule has 0 unspecified atom stereocenters. The summed E-state index contributed by atoms with van der Waals surface area (Å²) in [5.74, 6) is 0. The van der Waals surface area contributed by atoms with Crippen molar-refractivity contribution in [2.45, 2.75) is 57.8 Å². The van der Waals surface area contributed by atoms with Gasteiger partial charge in [0.25, 0.3) is 6.71 Å². The summed E-state index contributed by atoms with van der Waals surface area (Å²) in [6, 6.07) is 109. The summed E-state index contributed by atoms with van der Waals surface area (Å²) < 4.78 is 68.8. The standard InChI is InChI=1S/C100H75BN4/c1-98(2,3)72-50-47-66(48-51-72)70-49-56-91-87(59-70)101-86-54-53-76(103-88-45-25-23-39-81(88)84-58-65(64-102)46-55-90(84)103)63-92(86)104(89-57-52-75(99(4,5)6)62-83(89)69-32-16-9-17-33-69)93-60-71(61-94(96(93)101)105(91)97-78(67-28-12-7-13-29-67)41-27-42-79(97)68-30-14-8-15-31-68)77-40-26-43-82-80-38-22-24-44-85(80)100(95(77)82,73-34-18-10-19-35-73)74-36-20-11-21-37-74/h7-63H,1-6H3/i23D,25D,39D,45D,46D,55D,58D. The summed E-state index contributed by atoms with van der Waals surface area (Å²) in [5.41, 5.74) is 26.6. The first-order valence-corrected chi connectivity index (χ1v) is 36.2. The number of para-hydroxylation sites is 2. The first-order chi connectivity index (χ1) is 54.3. The van der Waals surface area contributed by atoms with E-state index in [1.807, 2.05) is 18.2 Å². The highest BCUT2D eigenvalue weighted by Gasteiger charge is 2.50. The molecule has 0 amide bonds. The highest BCUT2D eigenvalue weighted by atomic mass is 15.2. The molecular formula is C100H75BN4. The summed E-state index contributed by atoms with van der Waals surface area (Å²) >= 11 is 0. The van der Waals surface area contributed by atoms with E-state index in [9.17, 15) is 13.5 Å². The fourth-order valence-corrected chi connectivity index (χ4v) is 17.2. The minimum atomic E-state index is -0.834. The number of nitriles is 1. The summed E-state index contributed by atoms with van der Waals surface area (Å²) in [5, 5.41) is 10.6. The minimum Gasteiger partial charge on any atom is -0.311 e. The van der Waals surface area contributed by atoms with E-state index in [0.29, 0.717) is 5.69 Å². The second-order valence-electron chi connectivity index (χ2n) is 30.1. The van der Waals surface area contributed by atoms with Crippen LogP contribution in [-0.2, 0) is 16.2 Å². The highest BCUT2D eigenvalue weighted by molar-refractivity contribution is 7.00. The minimum absolute atomic E-state index is 0.00692. The molecule has 1 aliphatic carbocycles. The van der Waals surface area contributed by atoms with E-state index in [4.69, 9.17) is 1.37 Å². The first-order valence-electron chi connectivity index (χ1n) is 39.7. The average molecular weight is 1350 g/mol. The molecule has 3 heterocycles. The molecule has 0 atom stereocenters. The van der Waals surface area contributed by atoms with Crippen LogP contribution in [0, 0.1) is 11.3 Å². The van der Waals surface area contributed by atoms with Gasteiger partial charge < -0.3 is 14.4 Å². The number of benzene rings is 15. The van der Waals surface area contributed by atoms with Crippen LogP contribution in [0.25, 0.3) is 94.3 Å².